The van der Waals surface area contributed by atoms with E-state index in [1.807, 2.05) is 6.20 Å². The van der Waals surface area contributed by atoms with Crippen molar-refractivity contribution in [3.63, 3.8) is 0 Å². The van der Waals surface area contributed by atoms with E-state index in [9.17, 15) is 13.2 Å². The predicted octanol–water partition coefficient (Wildman–Crippen LogP) is 1.89. The molecule has 144 valence electrons. The van der Waals surface area contributed by atoms with Gasteiger partial charge in [-0.1, -0.05) is 0 Å². The van der Waals surface area contributed by atoms with Gasteiger partial charge in [0, 0.05) is 57.6 Å². The molecular formula is C19H24N4O3S. The van der Waals surface area contributed by atoms with Gasteiger partial charge in [0.25, 0.3) is 0 Å². The van der Waals surface area contributed by atoms with E-state index < -0.39 is 10.0 Å². The highest BCUT2D eigenvalue weighted by atomic mass is 32.2. The maximum absolute atomic E-state index is 12.9. The third kappa shape index (κ3) is 3.51. The molecule has 8 heteroatoms. The highest BCUT2D eigenvalue weighted by Crippen LogP contribution is 2.25. The van der Waals surface area contributed by atoms with E-state index in [-0.39, 0.29) is 16.7 Å². The van der Waals surface area contributed by atoms with E-state index >= 15 is 0 Å². The highest BCUT2D eigenvalue weighted by Gasteiger charge is 2.27. The minimum absolute atomic E-state index is 0.0962. The van der Waals surface area contributed by atoms with E-state index in [1.54, 1.807) is 42.4 Å². The van der Waals surface area contributed by atoms with Crippen LogP contribution in [0.1, 0.15) is 25.1 Å². The number of anilines is 1. The van der Waals surface area contributed by atoms with Crippen molar-refractivity contribution < 1.29 is 13.2 Å². The van der Waals surface area contributed by atoms with Crippen molar-refractivity contribution in [2.24, 2.45) is 5.92 Å². The molecule has 1 aromatic heterocycles. The van der Waals surface area contributed by atoms with Crippen molar-refractivity contribution in [3.8, 4) is 0 Å². The molecule has 1 saturated heterocycles. The van der Waals surface area contributed by atoms with Gasteiger partial charge < -0.3 is 9.47 Å². The van der Waals surface area contributed by atoms with Crippen LogP contribution in [0.15, 0.2) is 41.6 Å². The lowest BCUT2D eigenvalue weighted by Gasteiger charge is -2.28. The van der Waals surface area contributed by atoms with E-state index in [2.05, 4.69) is 9.55 Å². The molecule has 0 saturated carbocycles. The summed E-state index contributed by atoms with van der Waals surface area (Å²) in [6, 6.07) is 6.65. The van der Waals surface area contributed by atoms with E-state index in [1.165, 1.54) is 4.31 Å². The average Bonchev–Trinajstić information content (AvgIpc) is 3.30. The number of fused-ring (bicyclic) bond motifs is 1. The zero-order chi connectivity index (χ0) is 19.0. The van der Waals surface area contributed by atoms with E-state index in [0.717, 1.165) is 37.3 Å². The molecule has 2 aromatic rings. The third-order valence-electron chi connectivity index (χ3n) is 5.48. The van der Waals surface area contributed by atoms with Crippen molar-refractivity contribution in [2.45, 2.75) is 37.1 Å². The smallest absolute Gasteiger partial charge is 0.242 e. The van der Waals surface area contributed by atoms with Crippen LogP contribution in [0.4, 0.5) is 5.69 Å². The van der Waals surface area contributed by atoms with Gasteiger partial charge in [0.2, 0.25) is 15.9 Å². The van der Waals surface area contributed by atoms with Crippen LogP contribution in [-0.2, 0) is 27.8 Å². The Hall–Kier alpha value is -2.19. The minimum atomic E-state index is -3.55. The summed E-state index contributed by atoms with van der Waals surface area (Å²) in [4.78, 5) is 18.1. The zero-order valence-corrected chi connectivity index (χ0v) is 16.2. The Bertz CT molecular complexity index is 936. The van der Waals surface area contributed by atoms with Crippen LogP contribution >= 0.6 is 0 Å². The Balaban J connectivity index is 1.45. The molecular weight excluding hydrogens is 364 g/mol. The molecule has 0 radical (unpaired) electrons. The van der Waals surface area contributed by atoms with Gasteiger partial charge in [-0.15, -0.1) is 0 Å². The van der Waals surface area contributed by atoms with Gasteiger partial charge in [0.15, 0.2) is 0 Å². The summed E-state index contributed by atoms with van der Waals surface area (Å²) >= 11 is 0. The number of hydrogen-bond donors (Lipinski definition) is 0. The zero-order valence-electron chi connectivity index (χ0n) is 15.4. The molecule has 1 fully saturated rings. The van der Waals surface area contributed by atoms with Gasteiger partial charge in [0.1, 0.15) is 5.82 Å². The molecule has 2 aliphatic heterocycles. The lowest BCUT2D eigenvalue weighted by atomic mass is 10.00. The van der Waals surface area contributed by atoms with Crippen LogP contribution in [0.2, 0.25) is 0 Å². The van der Waals surface area contributed by atoms with Crippen molar-refractivity contribution in [3.05, 3.63) is 42.5 Å². The Kier molecular flexibility index (Phi) is 4.77. The average molecular weight is 388 g/mol. The lowest BCUT2D eigenvalue weighted by molar-refractivity contribution is -0.117. The molecule has 0 bridgehead atoms. The van der Waals surface area contributed by atoms with Crippen LogP contribution in [-0.4, -0.2) is 48.3 Å². The van der Waals surface area contributed by atoms with Gasteiger partial charge >= 0.3 is 0 Å². The molecule has 27 heavy (non-hydrogen) atoms. The number of amides is 1. The van der Waals surface area contributed by atoms with Crippen LogP contribution in [0, 0.1) is 5.92 Å². The number of sulfonamides is 1. The van der Waals surface area contributed by atoms with Gasteiger partial charge in [-0.05, 0) is 43.0 Å². The fraction of sp³-hybridized carbons (Fsp3) is 0.474. The van der Waals surface area contributed by atoms with Crippen LogP contribution in [0.5, 0.6) is 0 Å². The molecule has 0 unspecified atom stereocenters. The first kappa shape index (κ1) is 18.2. The Labute approximate surface area is 159 Å². The highest BCUT2D eigenvalue weighted by molar-refractivity contribution is 7.89. The number of carbonyl (C=O) groups excluding carboxylic acids is 1. The summed E-state index contributed by atoms with van der Waals surface area (Å²) in [7, 11) is -1.92. The molecule has 2 aliphatic rings. The van der Waals surface area contributed by atoms with Gasteiger partial charge in [-0.2, -0.15) is 0 Å². The number of rotatable bonds is 5. The third-order valence-corrected chi connectivity index (χ3v) is 7.32. The van der Waals surface area contributed by atoms with Crippen molar-refractivity contribution in [1.82, 2.24) is 13.9 Å². The van der Waals surface area contributed by atoms with Crippen molar-refractivity contribution >= 4 is 21.6 Å². The van der Waals surface area contributed by atoms with Gasteiger partial charge in [-0.3, -0.25) is 4.79 Å². The molecule has 4 rings (SSSR count). The minimum Gasteiger partial charge on any atom is -0.335 e. The number of carbonyl (C=O) groups is 1. The second-order valence-corrected chi connectivity index (χ2v) is 9.37. The Morgan fingerprint density at radius 3 is 2.70 bits per heavy atom. The van der Waals surface area contributed by atoms with Crippen LogP contribution in [0.3, 0.4) is 0 Å². The van der Waals surface area contributed by atoms with Crippen molar-refractivity contribution in [1.29, 1.82) is 0 Å². The van der Waals surface area contributed by atoms with E-state index in [4.69, 9.17) is 0 Å². The summed E-state index contributed by atoms with van der Waals surface area (Å²) in [6.45, 7) is 1.97. The first-order valence-corrected chi connectivity index (χ1v) is 10.8. The van der Waals surface area contributed by atoms with E-state index in [0.29, 0.717) is 19.5 Å². The Morgan fingerprint density at radius 2 is 2.00 bits per heavy atom. The number of aryl methyl sites for hydroxylation is 1. The number of imidazole rings is 1. The van der Waals surface area contributed by atoms with Gasteiger partial charge in [0.05, 0.1) is 4.90 Å². The molecule has 1 atom stereocenters. The maximum Gasteiger partial charge on any atom is 0.242 e. The summed E-state index contributed by atoms with van der Waals surface area (Å²) in [6.07, 6.45) is 6.97. The molecule has 3 heterocycles. The first-order chi connectivity index (χ1) is 12.9. The SMILES string of the molecule is CN(C[C@H]1CCc2nccn2C1)S(=O)(=O)c1ccc(N2CCCC2=O)cc1. The second-order valence-electron chi connectivity index (χ2n) is 7.33. The molecule has 0 aliphatic carbocycles. The number of nitrogens with zero attached hydrogens (tertiary/aromatic N) is 4. The van der Waals surface area contributed by atoms with Crippen LogP contribution < -0.4 is 4.90 Å². The van der Waals surface area contributed by atoms with Gasteiger partial charge in [-0.25, -0.2) is 17.7 Å². The predicted molar refractivity (Wildman–Crippen MR) is 102 cm³/mol. The number of benzene rings is 1. The Morgan fingerprint density at radius 1 is 1.22 bits per heavy atom. The van der Waals surface area contributed by atoms with Crippen molar-refractivity contribution in [2.75, 3.05) is 25.0 Å². The van der Waals surface area contributed by atoms with Crippen LogP contribution in [0.25, 0.3) is 0 Å². The molecule has 1 aromatic carbocycles. The summed E-state index contributed by atoms with van der Waals surface area (Å²) in [5.74, 6) is 1.44. The fourth-order valence-corrected chi connectivity index (χ4v) is 5.19. The summed E-state index contributed by atoms with van der Waals surface area (Å²) in [5, 5.41) is 0. The largest absolute Gasteiger partial charge is 0.335 e. The second kappa shape index (κ2) is 7.09. The maximum atomic E-state index is 12.9. The fourth-order valence-electron chi connectivity index (χ4n) is 3.95. The molecule has 7 nitrogen and oxygen atoms in total. The molecule has 0 N–H and O–H groups in total. The quantitative estimate of drug-likeness (QED) is 0.784. The summed E-state index contributed by atoms with van der Waals surface area (Å²) in [5.41, 5.74) is 0.763. The number of hydrogen-bond acceptors (Lipinski definition) is 4. The summed E-state index contributed by atoms with van der Waals surface area (Å²) < 4.78 is 29.4. The topological polar surface area (TPSA) is 75.5 Å². The first-order valence-electron chi connectivity index (χ1n) is 9.32. The monoisotopic (exact) mass is 388 g/mol. The lowest BCUT2D eigenvalue weighted by Crippen LogP contribution is -2.35. The molecule has 1 amide bonds. The number of aromatic nitrogens is 2. The standard InChI is InChI=1S/C19H24N4O3S/c1-21(13-15-4-9-18-20-10-12-22(18)14-15)27(25,26)17-7-5-16(6-8-17)23-11-2-3-19(23)24/h5-8,10,12,15H,2-4,9,11,13-14H2,1H3/t15-/m1/s1. The normalized spacial score (nSPS) is 20.3. The molecule has 0 spiro atoms.